The van der Waals surface area contributed by atoms with Crippen LogP contribution in [0.15, 0.2) is 19.6 Å². The van der Waals surface area contributed by atoms with Crippen LogP contribution in [-0.2, 0) is 0 Å². The zero-order valence-electron chi connectivity index (χ0n) is 6.61. The minimum absolute atomic E-state index is 0.174. The Morgan fingerprint density at radius 2 is 0.786 bits per heavy atom. The highest BCUT2D eigenvalue weighted by molar-refractivity contribution is 8.14. The first kappa shape index (κ1) is 10.2. The van der Waals surface area contributed by atoms with E-state index in [-0.39, 0.29) is 19.6 Å². The Labute approximate surface area is 88.7 Å². The van der Waals surface area contributed by atoms with E-state index in [9.17, 15) is 0 Å². The van der Waals surface area contributed by atoms with E-state index in [2.05, 4.69) is 0 Å². The summed E-state index contributed by atoms with van der Waals surface area (Å²) in [6.45, 7) is 0. The Morgan fingerprint density at radius 1 is 0.571 bits per heavy atom. The van der Waals surface area contributed by atoms with Gasteiger partial charge >= 0.3 is 0 Å². The van der Waals surface area contributed by atoms with Crippen LogP contribution in [0, 0.1) is 45.3 Å². The van der Waals surface area contributed by atoms with E-state index in [4.69, 9.17) is 21.0 Å². The molecule has 0 amide bonds. The van der Waals surface area contributed by atoms with Gasteiger partial charge < -0.3 is 0 Å². The summed E-state index contributed by atoms with van der Waals surface area (Å²) in [7, 11) is 0. The third-order valence-electron chi connectivity index (χ3n) is 1.23. The summed E-state index contributed by atoms with van der Waals surface area (Å²) in [6, 6.07) is 7.27. The van der Waals surface area contributed by atoms with Crippen LogP contribution in [0.1, 0.15) is 0 Å². The average molecular weight is 216 g/mol. The molecule has 0 aromatic heterocycles. The topological polar surface area (TPSA) is 95.2 Å². The monoisotopic (exact) mass is 216 g/mol. The van der Waals surface area contributed by atoms with Crippen LogP contribution >= 0.6 is 23.5 Å². The fourth-order valence-corrected chi connectivity index (χ4v) is 2.33. The fraction of sp³-hybridized carbons (Fsp3) is 0. The first-order valence-electron chi connectivity index (χ1n) is 3.21. The average Bonchev–Trinajstić information content (AvgIpc) is 2.26. The standard InChI is InChI=1S/C8N4S2/c9-1-5-6(2-10)14-8(4-12)7(3-11)13-5. The summed E-state index contributed by atoms with van der Waals surface area (Å²) in [4.78, 5) is 0.696. The van der Waals surface area contributed by atoms with Crippen molar-refractivity contribution in [2.45, 2.75) is 0 Å². The second-order valence-electron chi connectivity index (χ2n) is 1.97. The lowest BCUT2D eigenvalue weighted by molar-refractivity contribution is 1.49. The molecule has 0 aliphatic carbocycles. The van der Waals surface area contributed by atoms with Gasteiger partial charge in [0.15, 0.2) is 0 Å². The molecular formula is C8N4S2. The second kappa shape index (κ2) is 4.40. The molecule has 1 rings (SSSR count). The number of nitrogens with zero attached hydrogens (tertiary/aromatic N) is 4. The SMILES string of the molecule is N#CC1=C(C#N)SC(C#N)=C(C#N)S1. The number of hydrogen-bond acceptors (Lipinski definition) is 6. The number of thioether (sulfide) groups is 2. The van der Waals surface area contributed by atoms with Gasteiger partial charge in [0.1, 0.15) is 43.9 Å². The summed E-state index contributed by atoms with van der Waals surface area (Å²) >= 11 is 1.74. The molecule has 0 spiro atoms. The predicted molar refractivity (Wildman–Crippen MR) is 51.7 cm³/mol. The van der Waals surface area contributed by atoms with Crippen LogP contribution in [0.25, 0.3) is 0 Å². The van der Waals surface area contributed by atoms with Crippen molar-refractivity contribution in [3.63, 3.8) is 0 Å². The number of hydrogen-bond donors (Lipinski definition) is 0. The van der Waals surface area contributed by atoms with E-state index in [1.165, 1.54) is 0 Å². The normalized spacial score (nSPS) is 15.1. The Bertz CT molecular complexity index is 409. The van der Waals surface area contributed by atoms with Crippen LogP contribution in [0.3, 0.4) is 0 Å². The fourth-order valence-electron chi connectivity index (χ4n) is 0.684. The molecule has 1 aliphatic heterocycles. The Hall–Kier alpha value is -1.86. The minimum Gasteiger partial charge on any atom is -0.192 e. The summed E-state index contributed by atoms with van der Waals surface area (Å²) in [6.07, 6.45) is 0. The lowest BCUT2D eigenvalue weighted by atomic mass is 10.5. The lowest BCUT2D eigenvalue weighted by Crippen LogP contribution is -1.91. The zero-order chi connectivity index (χ0) is 10.6. The molecule has 1 aliphatic rings. The maximum absolute atomic E-state index is 8.66. The van der Waals surface area contributed by atoms with E-state index in [1.807, 2.05) is 24.3 Å². The highest BCUT2D eigenvalue weighted by atomic mass is 32.2. The van der Waals surface area contributed by atoms with Crippen LogP contribution < -0.4 is 0 Å². The lowest BCUT2D eigenvalue weighted by Gasteiger charge is -2.08. The molecule has 0 aromatic carbocycles. The van der Waals surface area contributed by atoms with Gasteiger partial charge in [0.05, 0.1) is 0 Å². The number of rotatable bonds is 0. The van der Waals surface area contributed by atoms with Gasteiger partial charge in [-0.05, 0) is 0 Å². The van der Waals surface area contributed by atoms with Gasteiger partial charge in [-0.15, -0.1) is 0 Å². The third-order valence-corrected chi connectivity index (χ3v) is 3.48. The first-order chi connectivity index (χ1) is 6.76. The molecule has 0 N–H and O–H groups in total. The molecule has 0 fully saturated rings. The summed E-state index contributed by atoms with van der Waals surface area (Å²) < 4.78 is 0. The summed E-state index contributed by atoms with van der Waals surface area (Å²) in [5, 5.41) is 34.6. The number of nitriles is 4. The minimum atomic E-state index is 0.174. The Balaban J connectivity index is 3.18. The molecule has 1 heterocycles. The van der Waals surface area contributed by atoms with Crippen LogP contribution in [0.5, 0.6) is 0 Å². The van der Waals surface area contributed by atoms with Crippen LogP contribution in [0.4, 0.5) is 0 Å². The highest BCUT2D eigenvalue weighted by Gasteiger charge is 2.22. The van der Waals surface area contributed by atoms with Crippen molar-refractivity contribution in [1.29, 1.82) is 21.0 Å². The van der Waals surface area contributed by atoms with Crippen molar-refractivity contribution in [3.05, 3.63) is 19.6 Å². The molecule has 64 valence electrons. The molecule has 0 atom stereocenters. The molecule has 0 unspecified atom stereocenters. The van der Waals surface area contributed by atoms with E-state index >= 15 is 0 Å². The molecule has 14 heavy (non-hydrogen) atoms. The van der Waals surface area contributed by atoms with Crippen molar-refractivity contribution in [3.8, 4) is 24.3 Å². The predicted octanol–water partition coefficient (Wildman–Crippen LogP) is 1.98. The van der Waals surface area contributed by atoms with Gasteiger partial charge in [0.2, 0.25) is 0 Å². The maximum atomic E-state index is 8.66. The third kappa shape index (κ3) is 1.73. The van der Waals surface area contributed by atoms with Crippen molar-refractivity contribution >= 4 is 23.5 Å². The molecule has 0 radical (unpaired) electrons. The van der Waals surface area contributed by atoms with E-state index in [1.54, 1.807) is 0 Å². The van der Waals surface area contributed by atoms with Gasteiger partial charge in [-0.3, -0.25) is 0 Å². The molecular weight excluding hydrogens is 216 g/mol. The van der Waals surface area contributed by atoms with Crippen LogP contribution in [-0.4, -0.2) is 0 Å². The van der Waals surface area contributed by atoms with Gasteiger partial charge in [-0.1, -0.05) is 23.5 Å². The van der Waals surface area contributed by atoms with E-state index in [0.29, 0.717) is 0 Å². The maximum Gasteiger partial charge on any atom is 0.115 e. The van der Waals surface area contributed by atoms with Gasteiger partial charge in [0, 0.05) is 0 Å². The van der Waals surface area contributed by atoms with E-state index in [0.717, 1.165) is 23.5 Å². The Morgan fingerprint density at radius 3 is 0.929 bits per heavy atom. The molecule has 0 saturated carbocycles. The largest absolute Gasteiger partial charge is 0.192 e. The zero-order valence-corrected chi connectivity index (χ0v) is 8.24. The van der Waals surface area contributed by atoms with Crippen molar-refractivity contribution < 1.29 is 0 Å². The molecule has 0 saturated heterocycles. The van der Waals surface area contributed by atoms with Gasteiger partial charge in [0.25, 0.3) is 0 Å². The summed E-state index contributed by atoms with van der Waals surface area (Å²) in [5.41, 5.74) is 0. The quantitative estimate of drug-likeness (QED) is 0.614. The molecule has 4 nitrogen and oxygen atoms in total. The van der Waals surface area contributed by atoms with Gasteiger partial charge in [-0.2, -0.15) is 21.0 Å². The summed E-state index contributed by atoms with van der Waals surface area (Å²) in [5.74, 6) is 0. The van der Waals surface area contributed by atoms with Crippen molar-refractivity contribution in [2.75, 3.05) is 0 Å². The Kier molecular flexibility index (Phi) is 3.21. The molecule has 0 aromatic rings. The van der Waals surface area contributed by atoms with Crippen LogP contribution in [0.2, 0.25) is 0 Å². The van der Waals surface area contributed by atoms with Crippen molar-refractivity contribution in [1.82, 2.24) is 0 Å². The van der Waals surface area contributed by atoms with E-state index < -0.39 is 0 Å². The molecule has 0 bridgehead atoms. The highest BCUT2D eigenvalue weighted by Crippen LogP contribution is 2.43. The smallest absolute Gasteiger partial charge is 0.115 e. The van der Waals surface area contributed by atoms with Gasteiger partial charge in [-0.25, -0.2) is 0 Å². The van der Waals surface area contributed by atoms with Crippen molar-refractivity contribution in [2.24, 2.45) is 0 Å². The molecule has 6 heteroatoms. The first-order valence-corrected chi connectivity index (χ1v) is 4.84. The number of allylic oxidation sites excluding steroid dienone is 4. The second-order valence-corrected chi connectivity index (χ2v) is 4.01.